The van der Waals surface area contributed by atoms with Crippen LogP contribution in [0.3, 0.4) is 0 Å². The zero-order valence-corrected chi connectivity index (χ0v) is 27.6. The van der Waals surface area contributed by atoms with Crippen molar-refractivity contribution in [2.75, 3.05) is 13.1 Å². The Balaban J connectivity index is 1.00. The van der Waals surface area contributed by atoms with Crippen molar-refractivity contribution in [3.05, 3.63) is 139 Å². The minimum atomic E-state index is -0.629. The van der Waals surface area contributed by atoms with E-state index in [1.807, 2.05) is 84.4 Å². The van der Waals surface area contributed by atoms with Crippen molar-refractivity contribution in [1.29, 1.82) is 0 Å². The van der Waals surface area contributed by atoms with Gasteiger partial charge < -0.3 is 19.3 Å². The Morgan fingerprint density at radius 1 is 0.792 bits per heavy atom. The Bertz CT molecular complexity index is 2010. The molecule has 3 aliphatic rings. The molecule has 7 rings (SSSR count). The van der Waals surface area contributed by atoms with Gasteiger partial charge in [0.2, 0.25) is 0 Å². The Labute approximate surface area is 285 Å². The number of hydrogen-bond acceptors (Lipinski definition) is 10. The van der Waals surface area contributed by atoms with Gasteiger partial charge in [-0.25, -0.2) is 0 Å². The maximum Gasteiger partial charge on any atom is 0.268 e. The predicted octanol–water partition coefficient (Wildman–Crippen LogP) is 8.29. The number of ether oxygens (including phenoxy) is 2. The molecule has 5 heterocycles. The molecule has 0 radical (unpaired) electrons. The quantitative estimate of drug-likeness (QED) is 0.149. The highest BCUT2D eigenvalue weighted by Gasteiger charge is 2.28. The van der Waals surface area contributed by atoms with E-state index in [9.17, 15) is 9.59 Å². The van der Waals surface area contributed by atoms with Crippen molar-refractivity contribution in [2.24, 2.45) is 20.5 Å². The lowest BCUT2D eigenvalue weighted by molar-refractivity contribution is -0.125. The van der Waals surface area contributed by atoms with Crippen LogP contribution in [0, 0.1) is 6.92 Å². The van der Waals surface area contributed by atoms with Gasteiger partial charge in [0, 0.05) is 32.8 Å². The van der Waals surface area contributed by atoms with Crippen molar-refractivity contribution in [3.8, 4) is 11.5 Å². The highest BCUT2D eigenvalue weighted by molar-refractivity contribution is 7.10. The summed E-state index contributed by atoms with van der Waals surface area (Å²) in [6.45, 7) is 3.58. The fourth-order valence-electron chi connectivity index (χ4n) is 5.19. The summed E-state index contributed by atoms with van der Waals surface area (Å²) in [6, 6.07) is 19.5. The van der Waals surface area contributed by atoms with E-state index in [0.29, 0.717) is 37.7 Å². The van der Waals surface area contributed by atoms with Crippen LogP contribution in [0.1, 0.15) is 38.3 Å². The van der Waals surface area contributed by atoms with Crippen molar-refractivity contribution >= 4 is 46.6 Å². The molecular formula is C36H30N6O4S2. The number of carbonyl (C=O) groups excluding carboxylic acids is 2. The van der Waals surface area contributed by atoms with Gasteiger partial charge in [-0.05, 0) is 59.8 Å². The molecule has 4 aromatic rings. The van der Waals surface area contributed by atoms with Crippen molar-refractivity contribution in [3.63, 3.8) is 0 Å². The van der Waals surface area contributed by atoms with E-state index < -0.39 is 6.29 Å². The minimum Gasteiger partial charge on any atom is -0.447 e. The third-order valence-electron chi connectivity index (χ3n) is 7.77. The first-order chi connectivity index (χ1) is 23.5. The highest BCUT2D eigenvalue weighted by Crippen LogP contribution is 2.42. The number of hydrogen-bond donors (Lipinski definition) is 0. The fraction of sp³-hybridized carbons (Fsp3) is 0.167. The summed E-state index contributed by atoms with van der Waals surface area (Å²) in [5.41, 5.74) is 5.26. The van der Waals surface area contributed by atoms with Crippen LogP contribution < -0.4 is 9.47 Å². The van der Waals surface area contributed by atoms with Gasteiger partial charge in [-0.1, -0.05) is 42.0 Å². The smallest absolute Gasteiger partial charge is 0.268 e. The van der Waals surface area contributed by atoms with Gasteiger partial charge >= 0.3 is 0 Å². The van der Waals surface area contributed by atoms with Gasteiger partial charge in [0.25, 0.3) is 18.1 Å². The van der Waals surface area contributed by atoms with Gasteiger partial charge in [-0.2, -0.15) is 20.5 Å². The topological polar surface area (TPSA) is 109 Å². The van der Waals surface area contributed by atoms with Gasteiger partial charge in [0.1, 0.15) is 13.1 Å². The lowest BCUT2D eigenvalue weighted by Crippen LogP contribution is -2.28. The van der Waals surface area contributed by atoms with Crippen LogP contribution in [-0.4, -0.2) is 34.7 Å². The standard InChI is InChI=1S/C36H30N6O4S2/c1-24-4-6-25(7-5-24)9-12-34(43)42(29-19-39-40-20-29)22-31-16-27(23-48-31)36-45-32-11-8-26(15-33(32)46-36)10-13-35(44)41(28-17-37-38-18-28)21-30-3-2-14-47-30/h2-17,19,23,36H,18,20-22H2,1H3/b12-9+,13-10+. The third kappa shape index (κ3) is 7.24. The lowest BCUT2D eigenvalue weighted by atomic mass is 10.1. The molecule has 0 aliphatic carbocycles. The SMILES string of the molecule is Cc1ccc(/C=C/C(=O)N(Cc2cc(C3Oc4ccc(/C=C/C(=O)N(Cc5cccs5)C5=CN=NC5)cc4O3)cs2)C2=CN=NC2)cc1. The van der Waals surface area contributed by atoms with Crippen molar-refractivity contribution in [1.82, 2.24) is 9.80 Å². The summed E-state index contributed by atoms with van der Waals surface area (Å²) in [5.74, 6) is 0.902. The molecule has 0 saturated carbocycles. The zero-order chi connectivity index (χ0) is 32.9. The molecular weight excluding hydrogens is 645 g/mol. The lowest BCUT2D eigenvalue weighted by Gasteiger charge is -2.20. The molecule has 2 aromatic heterocycles. The first kappa shape index (κ1) is 31.2. The van der Waals surface area contributed by atoms with Crippen molar-refractivity contribution < 1.29 is 19.1 Å². The van der Waals surface area contributed by atoms with Crippen LogP contribution in [0.2, 0.25) is 0 Å². The van der Waals surface area contributed by atoms with Crippen LogP contribution in [0.4, 0.5) is 0 Å². The third-order valence-corrected chi connectivity index (χ3v) is 9.57. The van der Waals surface area contributed by atoms with E-state index in [2.05, 4.69) is 20.5 Å². The molecule has 0 fully saturated rings. The van der Waals surface area contributed by atoms with Gasteiger partial charge in [0.15, 0.2) is 11.5 Å². The summed E-state index contributed by atoms with van der Waals surface area (Å²) in [6.07, 6.45) is 9.35. The molecule has 2 amide bonds. The number of fused-ring (bicyclic) bond motifs is 1. The Morgan fingerprint density at radius 3 is 2.08 bits per heavy atom. The molecule has 2 aromatic carbocycles. The van der Waals surface area contributed by atoms with E-state index in [-0.39, 0.29) is 11.8 Å². The number of rotatable bonds is 11. The summed E-state index contributed by atoms with van der Waals surface area (Å²) < 4.78 is 12.3. The van der Waals surface area contributed by atoms with Gasteiger partial charge in [-0.3, -0.25) is 9.59 Å². The molecule has 1 atom stereocenters. The Morgan fingerprint density at radius 2 is 1.44 bits per heavy atom. The number of aryl methyl sites for hydroxylation is 1. The zero-order valence-electron chi connectivity index (χ0n) is 25.9. The maximum absolute atomic E-state index is 13.3. The van der Waals surface area contributed by atoms with Crippen LogP contribution in [0.5, 0.6) is 11.5 Å². The number of amides is 2. The van der Waals surface area contributed by atoms with Crippen LogP contribution in [0.25, 0.3) is 12.2 Å². The second-order valence-corrected chi connectivity index (χ2v) is 13.2. The molecule has 0 saturated heterocycles. The van der Waals surface area contributed by atoms with Crippen LogP contribution in [-0.2, 0) is 22.7 Å². The normalized spacial score (nSPS) is 16.2. The van der Waals surface area contributed by atoms with Gasteiger partial charge in [-0.15, -0.1) is 22.7 Å². The monoisotopic (exact) mass is 674 g/mol. The molecule has 1 unspecified atom stereocenters. The second-order valence-electron chi connectivity index (χ2n) is 11.2. The average molecular weight is 675 g/mol. The predicted molar refractivity (Wildman–Crippen MR) is 185 cm³/mol. The molecule has 240 valence electrons. The first-order valence-corrected chi connectivity index (χ1v) is 17.0. The summed E-state index contributed by atoms with van der Waals surface area (Å²) >= 11 is 3.13. The molecule has 0 spiro atoms. The summed E-state index contributed by atoms with van der Waals surface area (Å²) in [7, 11) is 0. The molecule has 0 N–H and O–H groups in total. The van der Waals surface area contributed by atoms with Crippen LogP contribution in [0.15, 0.2) is 128 Å². The molecule has 48 heavy (non-hydrogen) atoms. The highest BCUT2D eigenvalue weighted by atomic mass is 32.1. The maximum atomic E-state index is 13.3. The number of nitrogens with zero attached hydrogens (tertiary/aromatic N) is 6. The molecule has 10 nitrogen and oxygen atoms in total. The fourth-order valence-corrected chi connectivity index (χ4v) is 6.76. The van der Waals surface area contributed by atoms with Crippen LogP contribution >= 0.6 is 22.7 Å². The molecule has 0 bridgehead atoms. The van der Waals surface area contributed by atoms with Gasteiger partial charge in [0.05, 0.1) is 36.9 Å². The molecule has 12 heteroatoms. The van der Waals surface area contributed by atoms with E-state index >= 15 is 0 Å². The number of thiophene rings is 2. The number of carbonyl (C=O) groups is 2. The average Bonchev–Trinajstić information content (AvgIpc) is 3.95. The van der Waals surface area contributed by atoms with E-state index in [1.54, 1.807) is 51.8 Å². The number of benzene rings is 2. The van der Waals surface area contributed by atoms with E-state index in [0.717, 1.165) is 43.4 Å². The Hall–Kier alpha value is -5.46. The number of azo groups is 2. The summed E-state index contributed by atoms with van der Waals surface area (Å²) in [4.78, 5) is 32.0. The second kappa shape index (κ2) is 14.1. The van der Waals surface area contributed by atoms with E-state index in [1.165, 1.54) is 11.3 Å². The van der Waals surface area contributed by atoms with E-state index in [4.69, 9.17) is 9.47 Å². The minimum absolute atomic E-state index is 0.150. The largest absolute Gasteiger partial charge is 0.447 e. The summed E-state index contributed by atoms with van der Waals surface area (Å²) in [5, 5.41) is 19.9. The first-order valence-electron chi connectivity index (χ1n) is 15.2. The van der Waals surface area contributed by atoms with Crippen molar-refractivity contribution in [2.45, 2.75) is 26.3 Å². The Kier molecular flexibility index (Phi) is 9.16. The molecule has 3 aliphatic heterocycles.